The first-order valence-electron chi connectivity index (χ1n) is 10.7. The monoisotopic (exact) mass is 453 g/mol. The zero-order valence-electron chi connectivity index (χ0n) is 18.3. The van der Waals surface area contributed by atoms with Crippen molar-refractivity contribution in [2.75, 3.05) is 19.5 Å². The second-order valence-corrected chi connectivity index (χ2v) is 9.07. The summed E-state index contributed by atoms with van der Waals surface area (Å²) in [6, 6.07) is 7.41. The van der Waals surface area contributed by atoms with E-state index in [9.17, 15) is 9.59 Å². The van der Waals surface area contributed by atoms with Crippen LogP contribution in [0.4, 0.5) is 5.69 Å². The van der Waals surface area contributed by atoms with Crippen LogP contribution in [0.2, 0.25) is 0 Å². The number of benzene rings is 1. The molecule has 1 N–H and O–H groups in total. The van der Waals surface area contributed by atoms with Crippen LogP contribution < -0.4 is 10.1 Å². The third kappa shape index (κ3) is 5.34. The molecule has 168 valence electrons. The van der Waals surface area contributed by atoms with Gasteiger partial charge in [0.2, 0.25) is 11.8 Å². The minimum atomic E-state index is -0.176. The Bertz CT molecular complexity index is 1080. The zero-order valence-corrected chi connectivity index (χ0v) is 19.2. The van der Waals surface area contributed by atoms with E-state index in [1.54, 1.807) is 42.8 Å². The van der Waals surface area contributed by atoms with E-state index in [0.717, 1.165) is 23.4 Å². The molecule has 1 aliphatic rings. The Morgan fingerprint density at radius 1 is 1.25 bits per heavy atom. The van der Waals surface area contributed by atoms with Gasteiger partial charge >= 0.3 is 0 Å². The summed E-state index contributed by atoms with van der Waals surface area (Å²) in [6.45, 7) is 0.601. The van der Waals surface area contributed by atoms with Gasteiger partial charge in [-0.25, -0.2) is 4.98 Å². The first-order chi connectivity index (χ1) is 15.5. The third-order valence-corrected chi connectivity index (χ3v) is 6.59. The smallest absolute Gasteiger partial charge is 0.244 e. The van der Waals surface area contributed by atoms with E-state index in [1.165, 1.54) is 28.1 Å². The molecule has 0 saturated heterocycles. The number of thiazole rings is 1. The maximum Gasteiger partial charge on any atom is 0.244 e. The molecule has 0 spiro atoms. The highest BCUT2D eigenvalue weighted by molar-refractivity contribution is 7.11. The number of amides is 2. The summed E-state index contributed by atoms with van der Waals surface area (Å²) in [5.41, 5.74) is 2.56. The van der Waals surface area contributed by atoms with E-state index < -0.39 is 0 Å². The van der Waals surface area contributed by atoms with E-state index in [1.807, 2.05) is 24.3 Å². The maximum absolute atomic E-state index is 12.6. The number of carbonyl (C=O) groups excluding carboxylic acids is 2. The number of nitrogens with one attached hydrogen (secondary N) is 1. The average Bonchev–Trinajstić information content (AvgIpc) is 3.39. The number of carbonyl (C=O) groups is 2. The van der Waals surface area contributed by atoms with Crippen molar-refractivity contribution < 1.29 is 14.3 Å². The second kappa shape index (κ2) is 9.95. The number of aryl methyl sites for hydroxylation is 2. The van der Waals surface area contributed by atoms with Crippen LogP contribution in [0, 0.1) is 0 Å². The fourth-order valence-electron chi connectivity index (χ4n) is 3.77. The van der Waals surface area contributed by atoms with E-state index in [-0.39, 0.29) is 24.8 Å². The highest BCUT2D eigenvalue weighted by Gasteiger charge is 2.18. The lowest BCUT2D eigenvalue weighted by Crippen LogP contribution is -2.29. The van der Waals surface area contributed by atoms with Crippen LogP contribution in [0.15, 0.2) is 36.7 Å². The van der Waals surface area contributed by atoms with Gasteiger partial charge in [-0.3, -0.25) is 14.3 Å². The van der Waals surface area contributed by atoms with E-state index in [4.69, 9.17) is 9.72 Å². The second-order valence-electron chi connectivity index (χ2n) is 7.90. The van der Waals surface area contributed by atoms with Crippen molar-refractivity contribution in [3.8, 4) is 5.75 Å². The molecule has 0 atom stereocenters. The fourth-order valence-corrected chi connectivity index (χ4v) is 4.98. The SMILES string of the molecule is COc1ccccc1CC(=O)Nc1cnn(CC(=O)N(C)Cc2nc3c(s2)CCCC3)c1. The lowest BCUT2D eigenvalue weighted by molar-refractivity contribution is -0.131. The molecular formula is C23H27N5O3S. The van der Waals surface area contributed by atoms with Gasteiger partial charge in [0.05, 0.1) is 37.7 Å². The van der Waals surface area contributed by atoms with Crippen molar-refractivity contribution in [2.45, 2.75) is 45.2 Å². The van der Waals surface area contributed by atoms with Crippen LogP contribution >= 0.6 is 11.3 Å². The van der Waals surface area contributed by atoms with Gasteiger partial charge in [0.25, 0.3) is 0 Å². The number of fused-ring (bicyclic) bond motifs is 1. The summed E-state index contributed by atoms with van der Waals surface area (Å²) in [7, 11) is 3.36. The average molecular weight is 454 g/mol. The number of likely N-dealkylation sites (N-methyl/N-ethyl adjacent to an activating group) is 1. The molecule has 1 aliphatic carbocycles. The molecule has 0 bridgehead atoms. The molecule has 1 aromatic carbocycles. The molecule has 2 heterocycles. The summed E-state index contributed by atoms with van der Waals surface area (Å²) in [4.78, 5) is 32.8. The number of nitrogens with zero attached hydrogens (tertiary/aromatic N) is 4. The van der Waals surface area contributed by atoms with Crippen LogP contribution in [0.5, 0.6) is 5.75 Å². The fraction of sp³-hybridized carbons (Fsp3) is 0.391. The van der Waals surface area contributed by atoms with Crippen molar-refractivity contribution >= 4 is 28.8 Å². The maximum atomic E-state index is 12.6. The number of anilines is 1. The number of methoxy groups -OCH3 is 1. The number of para-hydroxylation sites is 1. The molecule has 0 unspecified atom stereocenters. The highest BCUT2D eigenvalue weighted by atomic mass is 32.1. The van der Waals surface area contributed by atoms with Crippen LogP contribution in [-0.4, -0.2) is 45.6 Å². The molecule has 2 amide bonds. The van der Waals surface area contributed by atoms with Gasteiger partial charge in [-0.1, -0.05) is 18.2 Å². The number of rotatable bonds is 8. The number of ether oxygens (including phenoxy) is 1. The van der Waals surface area contributed by atoms with Crippen molar-refractivity contribution in [1.29, 1.82) is 0 Å². The van der Waals surface area contributed by atoms with Gasteiger partial charge in [-0.2, -0.15) is 5.10 Å². The van der Waals surface area contributed by atoms with Gasteiger partial charge in [-0.15, -0.1) is 11.3 Å². The van der Waals surface area contributed by atoms with Crippen molar-refractivity contribution in [3.05, 3.63) is 57.8 Å². The molecule has 4 rings (SSSR count). The molecule has 3 aromatic rings. The Morgan fingerprint density at radius 3 is 2.88 bits per heavy atom. The standard InChI is InChI=1S/C23H27N5O3S/c1-27(14-22-26-18-8-4-6-10-20(18)32-22)23(30)15-28-13-17(12-24-28)25-21(29)11-16-7-3-5-9-19(16)31-2/h3,5,7,9,12-13H,4,6,8,10-11,14-15H2,1-2H3,(H,25,29). The van der Waals surface area contributed by atoms with Crippen LogP contribution in [0.3, 0.4) is 0 Å². The predicted molar refractivity (Wildman–Crippen MR) is 123 cm³/mol. The third-order valence-electron chi connectivity index (χ3n) is 5.45. The Kier molecular flexibility index (Phi) is 6.84. The van der Waals surface area contributed by atoms with Crippen LogP contribution in [-0.2, 0) is 41.9 Å². The van der Waals surface area contributed by atoms with Crippen molar-refractivity contribution in [3.63, 3.8) is 0 Å². The van der Waals surface area contributed by atoms with E-state index >= 15 is 0 Å². The van der Waals surface area contributed by atoms with E-state index in [0.29, 0.717) is 18.0 Å². The molecule has 0 fully saturated rings. The number of hydrogen-bond donors (Lipinski definition) is 1. The Hall–Kier alpha value is -3.20. The molecular weight excluding hydrogens is 426 g/mol. The Morgan fingerprint density at radius 2 is 2.06 bits per heavy atom. The van der Waals surface area contributed by atoms with Gasteiger partial charge in [0, 0.05) is 23.7 Å². The van der Waals surface area contributed by atoms with Gasteiger partial charge in [-0.05, 0) is 31.7 Å². The Labute approximate surface area is 191 Å². The zero-order chi connectivity index (χ0) is 22.5. The van der Waals surface area contributed by atoms with Crippen molar-refractivity contribution in [1.82, 2.24) is 19.7 Å². The molecule has 0 aliphatic heterocycles. The summed E-state index contributed by atoms with van der Waals surface area (Å²) in [5.74, 6) is 0.437. The van der Waals surface area contributed by atoms with Crippen LogP contribution in [0.25, 0.3) is 0 Å². The lowest BCUT2D eigenvalue weighted by Gasteiger charge is -2.15. The van der Waals surface area contributed by atoms with Gasteiger partial charge in [0.1, 0.15) is 17.3 Å². The normalized spacial score (nSPS) is 12.8. The lowest BCUT2D eigenvalue weighted by atomic mass is 10.0. The minimum absolute atomic E-state index is 0.0619. The molecule has 2 aromatic heterocycles. The van der Waals surface area contributed by atoms with Crippen LogP contribution in [0.1, 0.15) is 34.0 Å². The summed E-state index contributed by atoms with van der Waals surface area (Å²) in [6.07, 6.45) is 7.96. The number of hydrogen-bond acceptors (Lipinski definition) is 6. The first kappa shape index (κ1) is 22.0. The molecule has 0 saturated carbocycles. The summed E-state index contributed by atoms with van der Waals surface area (Å²) in [5, 5.41) is 8.01. The highest BCUT2D eigenvalue weighted by Crippen LogP contribution is 2.27. The first-order valence-corrected chi connectivity index (χ1v) is 11.5. The van der Waals surface area contributed by atoms with Crippen molar-refractivity contribution in [2.24, 2.45) is 0 Å². The van der Waals surface area contributed by atoms with Gasteiger partial charge in [0.15, 0.2) is 0 Å². The molecule has 0 radical (unpaired) electrons. The number of aromatic nitrogens is 3. The molecule has 8 nitrogen and oxygen atoms in total. The quantitative estimate of drug-likeness (QED) is 0.566. The molecule has 9 heteroatoms. The van der Waals surface area contributed by atoms with E-state index in [2.05, 4.69) is 10.4 Å². The summed E-state index contributed by atoms with van der Waals surface area (Å²) < 4.78 is 6.82. The largest absolute Gasteiger partial charge is 0.496 e. The summed E-state index contributed by atoms with van der Waals surface area (Å²) >= 11 is 1.72. The minimum Gasteiger partial charge on any atom is -0.496 e. The Balaban J connectivity index is 1.29. The topological polar surface area (TPSA) is 89.3 Å². The van der Waals surface area contributed by atoms with Gasteiger partial charge < -0.3 is 15.0 Å². The predicted octanol–water partition coefficient (Wildman–Crippen LogP) is 3.07. The molecule has 32 heavy (non-hydrogen) atoms.